The maximum atomic E-state index is 9.00. The average molecular weight is 314 g/mol. The van der Waals surface area contributed by atoms with Gasteiger partial charge in [-0.15, -0.1) is 0 Å². The van der Waals surface area contributed by atoms with E-state index in [4.69, 9.17) is 33.0 Å². The van der Waals surface area contributed by atoms with Crippen LogP contribution in [0.4, 0.5) is 5.69 Å². The van der Waals surface area contributed by atoms with Crippen molar-refractivity contribution in [3.8, 4) is 0 Å². The van der Waals surface area contributed by atoms with Crippen LogP contribution in [0.25, 0.3) is 0 Å². The van der Waals surface area contributed by atoms with Crippen molar-refractivity contribution in [2.45, 2.75) is 20.3 Å². The van der Waals surface area contributed by atoms with Crippen molar-refractivity contribution in [1.29, 1.82) is 0 Å². The number of benzene rings is 1. The van der Waals surface area contributed by atoms with Crippen molar-refractivity contribution < 1.29 is 9.90 Å². The van der Waals surface area contributed by atoms with Crippen molar-refractivity contribution in [1.82, 2.24) is 0 Å². The van der Waals surface area contributed by atoms with E-state index in [0.717, 1.165) is 19.0 Å². The number of aliphatic imine (C=N–C) groups is 2. The largest absolute Gasteiger partial charge is 0.481 e. The second-order valence-electron chi connectivity index (χ2n) is 3.89. The maximum absolute atomic E-state index is 9.00. The van der Waals surface area contributed by atoms with E-state index in [1.54, 1.807) is 24.3 Å². The minimum Gasteiger partial charge on any atom is -0.481 e. The lowest BCUT2D eigenvalue weighted by molar-refractivity contribution is -0.134. The number of carbonyl (C=O) groups is 1. The van der Waals surface area contributed by atoms with Crippen LogP contribution in [-0.2, 0) is 4.79 Å². The summed E-state index contributed by atoms with van der Waals surface area (Å²) in [6.45, 7) is 3.74. The van der Waals surface area contributed by atoms with Crippen LogP contribution >= 0.6 is 11.6 Å². The molecule has 0 fully saturated rings. The summed E-state index contributed by atoms with van der Waals surface area (Å²) in [4.78, 5) is 16.9. The third kappa shape index (κ3) is 11.3. The number of carboxylic acid groups (broad SMARTS) is 1. The predicted molar refractivity (Wildman–Crippen MR) is 86.8 cm³/mol. The standard InChI is InChI=1S/C11H16ClN5.C2H4O2/c1-2-7-15-10(13)17-11(14)16-9-5-3-8(12)4-6-9;1-2(3)4/h3-6H,2,7H2,1H3,(H5,13,14,15,16,17);1H3,(H,3,4). The highest BCUT2D eigenvalue weighted by Crippen LogP contribution is 2.12. The van der Waals surface area contributed by atoms with Gasteiger partial charge >= 0.3 is 0 Å². The molecule has 0 bridgehead atoms. The summed E-state index contributed by atoms with van der Waals surface area (Å²) >= 11 is 5.76. The predicted octanol–water partition coefficient (Wildman–Crippen LogP) is 1.88. The van der Waals surface area contributed by atoms with Crippen LogP contribution in [0.1, 0.15) is 20.3 Å². The van der Waals surface area contributed by atoms with Crippen LogP contribution in [0.2, 0.25) is 5.02 Å². The van der Waals surface area contributed by atoms with E-state index in [2.05, 4.69) is 15.3 Å². The molecular formula is C13H20ClN5O2. The first-order chi connectivity index (χ1) is 9.85. The van der Waals surface area contributed by atoms with Crippen LogP contribution in [0.15, 0.2) is 34.3 Å². The molecule has 21 heavy (non-hydrogen) atoms. The molecule has 0 unspecified atom stereocenters. The highest BCUT2D eigenvalue weighted by Gasteiger charge is 1.96. The van der Waals surface area contributed by atoms with Gasteiger partial charge in [-0.1, -0.05) is 18.5 Å². The quantitative estimate of drug-likeness (QED) is 0.500. The summed E-state index contributed by atoms with van der Waals surface area (Å²) in [6, 6.07) is 7.10. The lowest BCUT2D eigenvalue weighted by Gasteiger charge is -2.04. The first-order valence-corrected chi connectivity index (χ1v) is 6.59. The van der Waals surface area contributed by atoms with Gasteiger partial charge in [0.05, 0.1) is 0 Å². The van der Waals surface area contributed by atoms with E-state index >= 15 is 0 Å². The minimum absolute atomic E-state index is 0.172. The molecule has 0 aliphatic rings. The van der Waals surface area contributed by atoms with Gasteiger partial charge in [0.25, 0.3) is 5.97 Å². The molecular weight excluding hydrogens is 294 g/mol. The molecule has 0 radical (unpaired) electrons. The zero-order chi connectivity index (χ0) is 16.3. The van der Waals surface area contributed by atoms with Crippen molar-refractivity contribution in [3.05, 3.63) is 29.3 Å². The van der Waals surface area contributed by atoms with Crippen LogP contribution < -0.4 is 16.8 Å². The van der Waals surface area contributed by atoms with Gasteiger partial charge < -0.3 is 21.9 Å². The number of carboxylic acids is 1. The Bertz CT molecular complexity index is 496. The fraction of sp³-hybridized carbons (Fsp3) is 0.308. The number of rotatable bonds is 3. The van der Waals surface area contributed by atoms with Gasteiger partial charge in [0.1, 0.15) is 0 Å². The highest BCUT2D eigenvalue weighted by molar-refractivity contribution is 6.30. The molecule has 0 aromatic heterocycles. The fourth-order valence-corrected chi connectivity index (χ4v) is 1.22. The van der Waals surface area contributed by atoms with Gasteiger partial charge in [-0.3, -0.25) is 9.79 Å². The average Bonchev–Trinajstić information content (AvgIpc) is 2.38. The molecule has 7 nitrogen and oxygen atoms in total. The Hall–Kier alpha value is -2.28. The number of guanidine groups is 2. The van der Waals surface area contributed by atoms with Crippen LogP contribution in [-0.4, -0.2) is 29.5 Å². The smallest absolute Gasteiger partial charge is 0.300 e. The number of nitrogens with zero attached hydrogens (tertiary/aromatic N) is 2. The Morgan fingerprint density at radius 2 is 1.86 bits per heavy atom. The van der Waals surface area contributed by atoms with Crippen LogP contribution in [0, 0.1) is 0 Å². The van der Waals surface area contributed by atoms with Crippen molar-refractivity contribution in [3.63, 3.8) is 0 Å². The summed E-state index contributed by atoms with van der Waals surface area (Å²) in [7, 11) is 0. The first-order valence-electron chi connectivity index (χ1n) is 6.21. The number of hydrogen-bond acceptors (Lipinski definition) is 2. The van der Waals surface area contributed by atoms with Gasteiger partial charge in [0.2, 0.25) is 11.9 Å². The number of hydrogen-bond donors (Lipinski definition) is 4. The normalized spacial score (nSPS) is 11.4. The lowest BCUT2D eigenvalue weighted by atomic mass is 10.3. The summed E-state index contributed by atoms with van der Waals surface area (Å²) in [6.07, 6.45) is 0.917. The van der Waals surface area contributed by atoms with E-state index in [-0.39, 0.29) is 11.9 Å². The van der Waals surface area contributed by atoms with Crippen molar-refractivity contribution >= 4 is 35.2 Å². The second-order valence-corrected chi connectivity index (χ2v) is 4.32. The molecule has 116 valence electrons. The van der Waals surface area contributed by atoms with Crippen molar-refractivity contribution in [2.75, 3.05) is 11.9 Å². The Kier molecular flexibility index (Phi) is 9.36. The SMILES string of the molecule is CC(=O)O.CCCN=C(N)N=C(N)Nc1ccc(Cl)cc1. The Balaban J connectivity index is 0.000000885. The first kappa shape index (κ1) is 18.7. The molecule has 1 aromatic rings. The van der Waals surface area contributed by atoms with E-state index in [1.807, 2.05) is 6.92 Å². The molecule has 8 heteroatoms. The molecule has 0 atom stereocenters. The zero-order valence-corrected chi connectivity index (χ0v) is 12.8. The molecule has 0 aliphatic carbocycles. The van der Waals surface area contributed by atoms with E-state index < -0.39 is 5.97 Å². The molecule has 1 rings (SSSR count). The Labute approximate surface area is 128 Å². The third-order valence-electron chi connectivity index (χ3n) is 1.85. The van der Waals surface area contributed by atoms with E-state index in [9.17, 15) is 0 Å². The summed E-state index contributed by atoms with van der Waals surface area (Å²) in [5, 5.41) is 11.0. The van der Waals surface area contributed by atoms with Gasteiger partial charge in [-0.25, -0.2) is 0 Å². The number of nitrogens with one attached hydrogen (secondary N) is 1. The topological polar surface area (TPSA) is 126 Å². The van der Waals surface area contributed by atoms with E-state index in [0.29, 0.717) is 11.6 Å². The molecule has 0 saturated heterocycles. The molecule has 1 aromatic carbocycles. The fourth-order valence-electron chi connectivity index (χ4n) is 1.09. The number of nitrogens with two attached hydrogens (primary N) is 2. The lowest BCUT2D eigenvalue weighted by Crippen LogP contribution is -2.26. The maximum Gasteiger partial charge on any atom is 0.300 e. The number of aliphatic carboxylic acids is 1. The van der Waals surface area contributed by atoms with Gasteiger partial charge in [0.15, 0.2) is 0 Å². The monoisotopic (exact) mass is 313 g/mol. The molecule has 0 spiro atoms. The number of anilines is 1. The molecule has 0 saturated carbocycles. The molecule has 0 heterocycles. The highest BCUT2D eigenvalue weighted by atomic mass is 35.5. The second kappa shape index (κ2) is 10.5. The molecule has 0 aliphatic heterocycles. The van der Waals surface area contributed by atoms with Gasteiger partial charge in [-0.05, 0) is 30.7 Å². The van der Waals surface area contributed by atoms with Gasteiger partial charge in [0, 0.05) is 24.2 Å². The zero-order valence-electron chi connectivity index (χ0n) is 12.0. The Morgan fingerprint density at radius 1 is 1.33 bits per heavy atom. The van der Waals surface area contributed by atoms with Crippen LogP contribution in [0.3, 0.4) is 0 Å². The van der Waals surface area contributed by atoms with Crippen LogP contribution in [0.5, 0.6) is 0 Å². The van der Waals surface area contributed by atoms with Gasteiger partial charge in [-0.2, -0.15) is 4.99 Å². The molecule has 6 N–H and O–H groups in total. The minimum atomic E-state index is -0.833. The Morgan fingerprint density at radius 3 is 2.33 bits per heavy atom. The summed E-state index contributed by atoms with van der Waals surface area (Å²) in [5.41, 5.74) is 12.0. The molecule has 0 amide bonds. The number of halogens is 1. The summed E-state index contributed by atoms with van der Waals surface area (Å²) < 4.78 is 0. The van der Waals surface area contributed by atoms with E-state index in [1.165, 1.54) is 0 Å². The third-order valence-corrected chi connectivity index (χ3v) is 2.10. The van der Waals surface area contributed by atoms with Crippen molar-refractivity contribution in [2.24, 2.45) is 21.5 Å². The summed E-state index contributed by atoms with van der Waals surface area (Å²) in [5.74, 6) is -0.463.